The molecular formula is C12H18Br2N2O2S. The van der Waals surface area contributed by atoms with Crippen molar-refractivity contribution in [3.8, 4) is 0 Å². The summed E-state index contributed by atoms with van der Waals surface area (Å²) in [5.74, 6) is 0. The molecule has 0 aromatic heterocycles. The van der Waals surface area contributed by atoms with Crippen molar-refractivity contribution in [2.24, 2.45) is 0 Å². The van der Waals surface area contributed by atoms with E-state index in [0.717, 1.165) is 12.8 Å². The lowest BCUT2D eigenvalue weighted by Gasteiger charge is -2.22. The van der Waals surface area contributed by atoms with Gasteiger partial charge in [-0.2, -0.15) is 4.31 Å². The maximum absolute atomic E-state index is 12.6. The maximum Gasteiger partial charge on any atom is 0.244 e. The maximum atomic E-state index is 12.6. The molecule has 0 aliphatic heterocycles. The summed E-state index contributed by atoms with van der Waals surface area (Å²) in [5.41, 5.74) is 6.24. The number of anilines is 1. The molecule has 7 heteroatoms. The summed E-state index contributed by atoms with van der Waals surface area (Å²) in [6, 6.07) is 3.15. The molecule has 4 nitrogen and oxygen atoms in total. The molecule has 0 saturated heterocycles. The Labute approximate surface area is 131 Å². The van der Waals surface area contributed by atoms with Crippen LogP contribution in [0.4, 0.5) is 5.69 Å². The van der Waals surface area contributed by atoms with Crippen LogP contribution in [-0.4, -0.2) is 25.8 Å². The zero-order chi connectivity index (χ0) is 14.6. The smallest absolute Gasteiger partial charge is 0.244 e. The van der Waals surface area contributed by atoms with Crippen molar-refractivity contribution in [1.82, 2.24) is 4.31 Å². The van der Waals surface area contributed by atoms with Gasteiger partial charge >= 0.3 is 0 Å². The molecule has 1 rings (SSSR count). The normalized spacial score (nSPS) is 12.1. The third kappa shape index (κ3) is 3.93. The molecule has 1 aromatic rings. The second-order valence-corrected chi connectivity index (χ2v) is 7.82. The van der Waals surface area contributed by atoms with Gasteiger partial charge in [0.1, 0.15) is 0 Å². The molecule has 0 saturated carbocycles. The van der Waals surface area contributed by atoms with E-state index in [4.69, 9.17) is 5.73 Å². The van der Waals surface area contributed by atoms with E-state index in [1.807, 2.05) is 13.8 Å². The van der Waals surface area contributed by atoms with Crippen LogP contribution in [0.3, 0.4) is 0 Å². The number of hydrogen-bond donors (Lipinski definition) is 1. The number of nitrogen functional groups attached to an aromatic ring is 1. The third-order valence-corrected chi connectivity index (χ3v) is 6.16. The molecule has 0 aliphatic rings. The predicted octanol–water partition coefficient (Wildman–Crippen LogP) is 3.60. The Morgan fingerprint density at radius 1 is 1.11 bits per heavy atom. The van der Waals surface area contributed by atoms with Crippen LogP contribution < -0.4 is 5.73 Å². The summed E-state index contributed by atoms with van der Waals surface area (Å²) in [7, 11) is -3.49. The fourth-order valence-corrected chi connectivity index (χ4v) is 4.90. The first-order chi connectivity index (χ1) is 8.84. The molecule has 0 amide bonds. The van der Waals surface area contributed by atoms with Gasteiger partial charge in [0, 0.05) is 27.7 Å². The van der Waals surface area contributed by atoms with E-state index in [-0.39, 0.29) is 4.90 Å². The quantitative estimate of drug-likeness (QED) is 0.724. The summed E-state index contributed by atoms with van der Waals surface area (Å²) >= 11 is 6.55. The molecule has 0 bridgehead atoms. The molecule has 0 spiro atoms. The van der Waals surface area contributed by atoms with E-state index in [2.05, 4.69) is 31.9 Å². The van der Waals surface area contributed by atoms with Gasteiger partial charge in [0.2, 0.25) is 10.0 Å². The minimum atomic E-state index is -3.49. The Bertz CT molecular complexity index is 541. The number of nitrogens with zero attached hydrogens (tertiary/aromatic N) is 1. The van der Waals surface area contributed by atoms with Gasteiger partial charge in [0.05, 0.1) is 4.90 Å². The van der Waals surface area contributed by atoms with Crippen molar-refractivity contribution in [1.29, 1.82) is 0 Å². The van der Waals surface area contributed by atoms with Gasteiger partial charge in [-0.25, -0.2) is 8.42 Å². The molecular weight excluding hydrogens is 396 g/mol. The van der Waals surface area contributed by atoms with E-state index < -0.39 is 10.0 Å². The van der Waals surface area contributed by atoms with Crippen molar-refractivity contribution in [3.05, 3.63) is 21.1 Å². The number of benzene rings is 1. The van der Waals surface area contributed by atoms with Crippen LogP contribution in [0.25, 0.3) is 0 Å². The lowest BCUT2D eigenvalue weighted by molar-refractivity contribution is 0.409. The number of nitrogens with two attached hydrogens (primary N) is 1. The van der Waals surface area contributed by atoms with E-state index in [1.165, 1.54) is 4.31 Å². The lowest BCUT2D eigenvalue weighted by Crippen LogP contribution is -2.32. The molecule has 108 valence electrons. The van der Waals surface area contributed by atoms with Crippen LogP contribution >= 0.6 is 31.9 Å². The Morgan fingerprint density at radius 2 is 1.63 bits per heavy atom. The lowest BCUT2D eigenvalue weighted by atomic mass is 10.3. The van der Waals surface area contributed by atoms with E-state index in [9.17, 15) is 8.42 Å². The average molecular weight is 414 g/mol. The van der Waals surface area contributed by atoms with Gasteiger partial charge in [-0.05, 0) is 56.8 Å². The second-order valence-electron chi connectivity index (χ2n) is 4.21. The third-order valence-electron chi connectivity index (χ3n) is 2.62. The largest absolute Gasteiger partial charge is 0.398 e. The molecule has 0 fully saturated rings. The second kappa shape index (κ2) is 7.06. The number of sulfonamides is 1. The highest BCUT2D eigenvalue weighted by molar-refractivity contribution is 9.11. The minimum Gasteiger partial charge on any atom is -0.398 e. The van der Waals surface area contributed by atoms with Crippen LogP contribution in [0.5, 0.6) is 0 Å². The zero-order valence-corrected chi connectivity index (χ0v) is 15.0. The fraction of sp³-hybridized carbons (Fsp3) is 0.500. The standard InChI is InChI=1S/C12H18Br2N2O2S/c1-3-5-16(6-4-2)19(17,18)12-8-9(13)11(15)7-10(12)14/h7-8H,3-6,15H2,1-2H3. The highest BCUT2D eigenvalue weighted by atomic mass is 79.9. The first-order valence-corrected chi connectivity index (χ1v) is 9.11. The van der Waals surface area contributed by atoms with Gasteiger partial charge in [-0.15, -0.1) is 0 Å². The minimum absolute atomic E-state index is 0.246. The summed E-state index contributed by atoms with van der Waals surface area (Å²) in [4.78, 5) is 0.246. The van der Waals surface area contributed by atoms with Gasteiger partial charge in [0.25, 0.3) is 0 Å². The monoisotopic (exact) mass is 412 g/mol. The van der Waals surface area contributed by atoms with Crippen LogP contribution in [0.15, 0.2) is 26.0 Å². The highest BCUT2D eigenvalue weighted by Crippen LogP contribution is 2.32. The Hall–Kier alpha value is -0.110. The van der Waals surface area contributed by atoms with Crippen LogP contribution in [0.2, 0.25) is 0 Å². The summed E-state index contributed by atoms with van der Waals surface area (Å²) in [6.07, 6.45) is 1.57. The Balaban J connectivity index is 3.28. The molecule has 1 aromatic carbocycles. The van der Waals surface area contributed by atoms with Gasteiger partial charge in [-0.1, -0.05) is 13.8 Å². The van der Waals surface area contributed by atoms with Crippen LogP contribution in [0.1, 0.15) is 26.7 Å². The predicted molar refractivity (Wildman–Crippen MR) is 85.6 cm³/mol. The topological polar surface area (TPSA) is 63.4 Å². The number of hydrogen-bond acceptors (Lipinski definition) is 3. The molecule has 0 unspecified atom stereocenters. The van der Waals surface area contributed by atoms with Gasteiger partial charge in [0.15, 0.2) is 0 Å². The summed E-state index contributed by atoms with van der Waals surface area (Å²) in [6.45, 7) is 4.97. The van der Waals surface area contributed by atoms with E-state index >= 15 is 0 Å². The van der Waals surface area contributed by atoms with E-state index in [0.29, 0.717) is 27.7 Å². The number of rotatable bonds is 6. The first kappa shape index (κ1) is 16.9. The zero-order valence-electron chi connectivity index (χ0n) is 11.0. The van der Waals surface area contributed by atoms with Gasteiger partial charge < -0.3 is 5.73 Å². The number of halogens is 2. The van der Waals surface area contributed by atoms with Crippen molar-refractivity contribution in [3.63, 3.8) is 0 Å². The van der Waals surface area contributed by atoms with E-state index in [1.54, 1.807) is 12.1 Å². The fourth-order valence-electron chi connectivity index (χ4n) is 1.73. The molecule has 2 N–H and O–H groups in total. The molecule has 19 heavy (non-hydrogen) atoms. The van der Waals surface area contributed by atoms with Crippen LogP contribution in [-0.2, 0) is 10.0 Å². The summed E-state index contributed by atoms with van der Waals surface area (Å²) in [5, 5.41) is 0. The molecule has 0 aliphatic carbocycles. The Kier molecular flexibility index (Phi) is 6.29. The average Bonchev–Trinajstić information content (AvgIpc) is 2.33. The highest BCUT2D eigenvalue weighted by Gasteiger charge is 2.26. The molecule has 0 atom stereocenters. The first-order valence-electron chi connectivity index (χ1n) is 6.09. The summed E-state index contributed by atoms with van der Waals surface area (Å²) < 4.78 is 27.8. The van der Waals surface area contributed by atoms with Crippen molar-refractivity contribution >= 4 is 47.6 Å². The van der Waals surface area contributed by atoms with Crippen molar-refractivity contribution < 1.29 is 8.42 Å². The van der Waals surface area contributed by atoms with Crippen molar-refractivity contribution in [2.45, 2.75) is 31.6 Å². The molecule has 0 heterocycles. The van der Waals surface area contributed by atoms with Crippen LogP contribution in [0, 0.1) is 0 Å². The Morgan fingerprint density at radius 3 is 2.11 bits per heavy atom. The molecule has 0 radical (unpaired) electrons. The van der Waals surface area contributed by atoms with Gasteiger partial charge in [-0.3, -0.25) is 0 Å². The SMILES string of the molecule is CCCN(CCC)S(=O)(=O)c1cc(Br)c(N)cc1Br. The van der Waals surface area contributed by atoms with Crippen molar-refractivity contribution in [2.75, 3.05) is 18.8 Å².